The van der Waals surface area contributed by atoms with Crippen molar-refractivity contribution in [2.45, 2.75) is 33.4 Å². The van der Waals surface area contributed by atoms with Crippen molar-refractivity contribution < 1.29 is 0 Å². The summed E-state index contributed by atoms with van der Waals surface area (Å²) in [7, 11) is 0. The summed E-state index contributed by atoms with van der Waals surface area (Å²) in [6, 6.07) is 2.16. The lowest BCUT2D eigenvalue weighted by Crippen LogP contribution is -2.23. The van der Waals surface area contributed by atoms with E-state index in [2.05, 4.69) is 30.3 Å². The van der Waals surface area contributed by atoms with E-state index in [4.69, 9.17) is 5.73 Å². The standard InChI is InChI=1S/C10H20N4/c1-3-9-7-10(8-12-6-5-11)14(4-2)13-9/h7,12H,3-6,8,11H2,1-2H3. The molecule has 0 bridgehead atoms. The van der Waals surface area contributed by atoms with Gasteiger partial charge < -0.3 is 11.1 Å². The first-order valence-electron chi connectivity index (χ1n) is 5.28. The Balaban J connectivity index is 2.59. The van der Waals surface area contributed by atoms with Gasteiger partial charge in [-0.1, -0.05) is 6.92 Å². The second-order valence-corrected chi connectivity index (χ2v) is 3.26. The number of nitrogens with two attached hydrogens (primary N) is 1. The second kappa shape index (κ2) is 5.78. The molecule has 0 amide bonds. The maximum atomic E-state index is 5.41. The van der Waals surface area contributed by atoms with Crippen molar-refractivity contribution in [2.75, 3.05) is 13.1 Å². The van der Waals surface area contributed by atoms with Crippen LogP contribution in [0.1, 0.15) is 25.2 Å². The number of nitrogens with one attached hydrogen (secondary N) is 1. The zero-order chi connectivity index (χ0) is 10.4. The predicted octanol–water partition coefficient (Wildman–Crippen LogP) is 0.514. The first-order chi connectivity index (χ1) is 6.81. The molecule has 0 unspecified atom stereocenters. The molecular weight excluding hydrogens is 176 g/mol. The van der Waals surface area contributed by atoms with Crippen LogP contribution in [-0.4, -0.2) is 22.9 Å². The number of rotatable bonds is 6. The van der Waals surface area contributed by atoms with Crippen LogP contribution in [0.5, 0.6) is 0 Å². The van der Waals surface area contributed by atoms with E-state index < -0.39 is 0 Å². The Morgan fingerprint density at radius 2 is 2.29 bits per heavy atom. The molecule has 0 aliphatic heterocycles. The molecule has 14 heavy (non-hydrogen) atoms. The minimum absolute atomic E-state index is 0.681. The lowest BCUT2D eigenvalue weighted by molar-refractivity contribution is 0.580. The molecule has 0 fully saturated rings. The van der Waals surface area contributed by atoms with Crippen molar-refractivity contribution in [3.63, 3.8) is 0 Å². The topological polar surface area (TPSA) is 55.9 Å². The Labute approximate surface area is 85.5 Å². The molecule has 3 N–H and O–H groups in total. The molecule has 0 radical (unpaired) electrons. The minimum atomic E-state index is 0.681. The van der Waals surface area contributed by atoms with Crippen LogP contribution < -0.4 is 11.1 Å². The highest BCUT2D eigenvalue weighted by molar-refractivity contribution is 5.10. The van der Waals surface area contributed by atoms with Gasteiger partial charge in [-0.05, 0) is 19.4 Å². The largest absolute Gasteiger partial charge is 0.329 e. The molecule has 1 aromatic rings. The molecule has 0 saturated carbocycles. The van der Waals surface area contributed by atoms with Crippen LogP contribution in [0.4, 0.5) is 0 Å². The Bertz CT molecular complexity index is 267. The highest BCUT2D eigenvalue weighted by Gasteiger charge is 2.04. The van der Waals surface area contributed by atoms with Crippen LogP contribution in [0.2, 0.25) is 0 Å². The number of nitrogens with zero attached hydrogens (tertiary/aromatic N) is 2. The van der Waals surface area contributed by atoms with Gasteiger partial charge in [0.2, 0.25) is 0 Å². The summed E-state index contributed by atoms with van der Waals surface area (Å²) in [5.41, 5.74) is 7.82. The summed E-state index contributed by atoms with van der Waals surface area (Å²) in [5, 5.41) is 7.75. The number of hydrogen-bond acceptors (Lipinski definition) is 3. The average molecular weight is 196 g/mol. The average Bonchev–Trinajstić information content (AvgIpc) is 2.61. The SMILES string of the molecule is CCc1cc(CNCCN)n(CC)n1. The van der Waals surface area contributed by atoms with Crippen LogP contribution in [0.15, 0.2) is 6.07 Å². The summed E-state index contributed by atoms with van der Waals surface area (Å²) < 4.78 is 2.04. The highest BCUT2D eigenvalue weighted by Crippen LogP contribution is 2.04. The van der Waals surface area contributed by atoms with E-state index >= 15 is 0 Å². The van der Waals surface area contributed by atoms with Crippen LogP contribution in [0.25, 0.3) is 0 Å². The van der Waals surface area contributed by atoms with Gasteiger partial charge in [-0.3, -0.25) is 4.68 Å². The highest BCUT2D eigenvalue weighted by atomic mass is 15.3. The van der Waals surface area contributed by atoms with Crippen LogP contribution in [-0.2, 0) is 19.5 Å². The summed E-state index contributed by atoms with van der Waals surface area (Å²) in [6.07, 6.45) is 0.997. The molecular formula is C10H20N4. The molecule has 0 spiro atoms. The first-order valence-corrected chi connectivity index (χ1v) is 5.28. The van der Waals surface area contributed by atoms with Crippen molar-refractivity contribution in [3.05, 3.63) is 17.5 Å². The Hall–Kier alpha value is -0.870. The fraction of sp³-hybridized carbons (Fsp3) is 0.700. The summed E-state index contributed by atoms with van der Waals surface area (Å²) in [4.78, 5) is 0. The third-order valence-electron chi connectivity index (χ3n) is 2.20. The van der Waals surface area contributed by atoms with E-state index in [9.17, 15) is 0 Å². The minimum Gasteiger partial charge on any atom is -0.329 e. The maximum Gasteiger partial charge on any atom is 0.0625 e. The maximum absolute atomic E-state index is 5.41. The fourth-order valence-electron chi connectivity index (χ4n) is 1.42. The van der Waals surface area contributed by atoms with Crippen molar-refractivity contribution in [1.29, 1.82) is 0 Å². The summed E-state index contributed by atoms with van der Waals surface area (Å²) in [5.74, 6) is 0. The molecule has 0 aliphatic carbocycles. The smallest absolute Gasteiger partial charge is 0.0625 e. The number of aryl methyl sites for hydroxylation is 2. The van der Waals surface area contributed by atoms with Crippen molar-refractivity contribution >= 4 is 0 Å². The van der Waals surface area contributed by atoms with Gasteiger partial charge in [0.15, 0.2) is 0 Å². The molecule has 0 atom stereocenters. The van der Waals surface area contributed by atoms with E-state index in [0.717, 1.165) is 31.7 Å². The van der Waals surface area contributed by atoms with Crippen LogP contribution in [0.3, 0.4) is 0 Å². The second-order valence-electron chi connectivity index (χ2n) is 3.26. The molecule has 0 aliphatic rings. The Morgan fingerprint density at radius 1 is 1.50 bits per heavy atom. The van der Waals surface area contributed by atoms with E-state index in [1.807, 2.05) is 4.68 Å². The van der Waals surface area contributed by atoms with Gasteiger partial charge in [0.1, 0.15) is 0 Å². The van der Waals surface area contributed by atoms with E-state index in [1.165, 1.54) is 5.69 Å². The molecule has 1 heterocycles. The summed E-state index contributed by atoms with van der Waals surface area (Å²) in [6.45, 7) is 7.56. The lowest BCUT2D eigenvalue weighted by Gasteiger charge is -2.04. The third-order valence-corrected chi connectivity index (χ3v) is 2.20. The van der Waals surface area contributed by atoms with Crippen LogP contribution in [0, 0.1) is 0 Å². The summed E-state index contributed by atoms with van der Waals surface area (Å²) >= 11 is 0. The van der Waals surface area contributed by atoms with E-state index in [1.54, 1.807) is 0 Å². The van der Waals surface area contributed by atoms with Gasteiger partial charge in [-0.15, -0.1) is 0 Å². The van der Waals surface area contributed by atoms with Gasteiger partial charge >= 0.3 is 0 Å². The van der Waals surface area contributed by atoms with Crippen molar-refractivity contribution in [1.82, 2.24) is 15.1 Å². The first kappa shape index (κ1) is 11.2. The molecule has 0 aromatic carbocycles. The van der Waals surface area contributed by atoms with Crippen molar-refractivity contribution in [3.8, 4) is 0 Å². The Morgan fingerprint density at radius 3 is 2.86 bits per heavy atom. The quantitative estimate of drug-likeness (QED) is 0.652. The normalized spacial score (nSPS) is 10.8. The molecule has 0 saturated heterocycles. The molecule has 1 rings (SSSR count). The van der Waals surface area contributed by atoms with Gasteiger partial charge in [0.05, 0.1) is 11.4 Å². The third kappa shape index (κ3) is 2.82. The molecule has 4 nitrogen and oxygen atoms in total. The van der Waals surface area contributed by atoms with Gasteiger partial charge in [-0.25, -0.2) is 0 Å². The number of aromatic nitrogens is 2. The molecule has 4 heteroatoms. The zero-order valence-corrected chi connectivity index (χ0v) is 9.08. The number of hydrogen-bond donors (Lipinski definition) is 2. The fourth-order valence-corrected chi connectivity index (χ4v) is 1.42. The van der Waals surface area contributed by atoms with Crippen LogP contribution >= 0.6 is 0 Å². The van der Waals surface area contributed by atoms with Gasteiger partial charge in [0.25, 0.3) is 0 Å². The lowest BCUT2D eigenvalue weighted by atomic mass is 10.3. The van der Waals surface area contributed by atoms with Gasteiger partial charge in [-0.2, -0.15) is 5.10 Å². The monoisotopic (exact) mass is 196 g/mol. The predicted molar refractivity (Wildman–Crippen MR) is 58.0 cm³/mol. The zero-order valence-electron chi connectivity index (χ0n) is 9.08. The van der Waals surface area contributed by atoms with E-state index in [0.29, 0.717) is 6.54 Å². The molecule has 1 aromatic heterocycles. The Kier molecular flexibility index (Phi) is 4.62. The van der Waals surface area contributed by atoms with Gasteiger partial charge in [0, 0.05) is 26.2 Å². The molecule has 80 valence electrons. The van der Waals surface area contributed by atoms with Crippen molar-refractivity contribution in [2.24, 2.45) is 5.73 Å². The van der Waals surface area contributed by atoms with E-state index in [-0.39, 0.29) is 0 Å².